The first-order valence-electron chi connectivity index (χ1n) is 8.24. The van der Waals surface area contributed by atoms with Gasteiger partial charge < -0.3 is 23.4 Å². The van der Waals surface area contributed by atoms with Crippen LogP contribution in [0, 0.1) is 3.57 Å². The number of aliphatic imine (C=N–C) groups is 1. The number of nitrogens with zero attached hydrogens (tertiary/aromatic N) is 1. The second-order valence-electron chi connectivity index (χ2n) is 5.44. The van der Waals surface area contributed by atoms with Gasteiger partial charge in [0.1, 0.15) is 0 Å². The van der Waals surface area contributed by atoms with Crippen LogP contribution in [-0.2, 0) is 19.1 Å². The van der Waals surface area contributed by atoms with E-state index in [9.17, 15) is 9.59 Å². The summed E-state index contributed by atoms with van der Waals surface area (Å²) in [5.74, 6) is 0.255. The summed E-state index contributed by atoms with van der Waals surface area (Å²) in [5.41, 5.74) is 0.794. The minimum Gasteiger partial charge on any atom is -0.490 e. The zero-order valence-corrected chi connectivity index (χ0v) is 17.2. The van der Waals surface area contributed by atoms with Crippen molar-refractivity contribution < 1.29 is 33.0 Å². The number of halogens is 1. The molecule has 0 radical (unpaired) electrons. The molecule has 1 aliphatic rings. The number of cyclic esters (lactones) is 1. The molecule has 0 amide bonds. The first-order valence-corrected chi connectivity index (χ1v) is 9.32. The molecule has 28 heavy (non-hydrogen) atoms. The van der Waals surface area contributed by atoms with Crippen LogP contribution in [0.3, 0.4) is 0 Å². The molecule has 0 atom stereocenters. The molecule has 0 saturated carbocycles. The summed E-state index contributed by atoms with van der Waals surface area (Å²) >= 11 is 2.06. The zero-order valence-electron chi connectivity index (χ0n) is 15.1. The van der Waals surface area contributed by atoms with E-state index in [-0.39, 0.29) is 18.2 Å². The Labute approximate surface area is 174 Å². The van der Waals surface area contributed by atoms with Gasteiger partial charge in [-0.15, -0.1) is 0 Å². The van der Waals surface area contributed by atoms with E-state index >= 15 is 0 Å². The summed E-state index contributed by atoms with van der Waals surface area (Å²) in [4.78, 5) is 27.6. The van der Waals surface area contributed by atoms with E-state index < -0.39 is 11.9 Å². The molecule has 3 rings (SSSR count). The maximum absolute atomic E-state index is 12.1. The Balaban J connectivity index is 1.91. The Morgan fingerprint density at radius 1 is 1.32 bits per heavy atom. The van der Waals surface area contributed by atoms with E-state index in [1.54, 1.807) is 30.3 Å². The second-order valence-corrected chi connectivity index (χ2v) is 6.60. The van der Waals surface area contributed by atoms with E-state index in [0.717, 1.165) is 0 Å². The van der Waals surface area contributed by atoms with Crippen LogP contribution in [0.15, 0.2) is 45.6 Å². The minimum absolute atomic E-state index is 0.110. The van der Waals surface area contributed by atoms with Crippen molar-refractivity contribution in [2.24, 2.45) is 4.99 Å². The first kappa shape index (κ1) is 19.9. The van der Waals surface area contributed by atoms with Crippen molar-refractivity contribution in [2.75, 3.05) is 20.3 Å². The van der Waals surface area contributed by atoms with Crippen molar-refractivity contribution in [3.8, 4) is 11.5 Å². The summed E-state index contributed by atoms with van der Waals surface area (Å²) < 4.78 is 26.8. The fraction of sp³-hybridized carbons (Fsp3) is 0.211. The molecule has 2 aromatic rings. The number of carbonyl (C=O) groups is 2. The molecule has 0 unspecified atom stereocenters. The lowest BCUT2D eigenvalue weighted by Crippen LogP contribution is -2.14. The lowest BCUT2D eigenvalue weighted by molar-refractivity contribution is -0.143. The summed E-state index contributed by atoms with van der Waals surface area (Å²) in [7, 11) is 1.29. The lowest BCUT2D eigenvalue weighted by atomic mass is 10.1. The first-order chi connectivity index (χ1) is 13.5. The monoisotopic (exact) mass is 497 g/mol. The van der Waals surface area contributed by atoms with E-state index in [2.05, 4.69) is 32.3 Å². The van der Waals surface area contributed by atoms with Crippen LogP contribution in [-0.4, -0.2) is 38.2 Å². The molecule has 1 aromatic carbocycles. The molecular formula is C19H16INO7. The highest BCUT2D eigenvalue weighted by atomic mass is 127. The van der Waals surface area contributed by atoms with Crippen LogP contribution in [0.25, 0.3) is 6.08 Å². The van der Waals surface area contributed by atoms with Gasteiger partial charge in [0.05, 0.1) is 23.6 Å². The maximum Gasteiger partial charge on any atom is 0.363 e. The van der Waals surface area contributed by atoms with E-state index in [1.165, 1.54) is 13.4 Å². The number of benzene rings is 1. The van der Waals surface area contributed by atoms with Crippen molar-refractivity contribution in [3.63, 3.8) is 0 Å². The average molecular weight is 497 g/mol. The van der Waals surface area contributed by atoms with Gasteiger partial charge in [0.15, 0.2) is 29.6 Å². The Kier molecular flexibility index (Phi) is 6.34. The minimum atomic E-state index is -0.578. The number of hydrogen-bond acceptors (Lipinski definition) is 8. The number of methoxy groups -OCH3 is 1. The summed E-state index contributed by atoms with van der Waals surface area (Å²) in [5, 5.41) is 0. The number of ether oxygens (including phenoxy) is 4. The largest absolute Gasteiger partial charge is 0.490 e. The molecule has 9 heteroatoms. The topological polar surface area (TPSA) is 96.6 Å². The van der Waals surface area contributed by atoms with Crippen molar-refractivity contribution in [2.45, 2.75) is 6.92 Å². The van der Waals surface area contributed by atoms with Crippen molar-refractivity contribution in [1.29, 1.82) is 0 Å². The molecule has 0 saturated heterocycles. The fourth-order valence-electron chi connectivity index (χ4n) is 2.34. The second kappa shape index (κ2) is 8.91. The normalized spacial score (nSPS) is 14.6. The number of rotatable bonds is 7. The van der Waals surface area contributed by atoms with E-state index in [0.29, 0.717) is 33.0 Å². The molecule has 0 aliphatic carbocycles. The van der Waals surface area contributed by atoms with Crippen LogP contribution in [0.4, 0.5) is 0 Å². The van der Waals surface area contributed by atoms with Gasteiger partial charge in [-0.2, -0.15) is 0 Å². The third-order valence-electron chi connectivity index (χ3n) is 3.55. The van der Waals surface area contributed by atoms with E-state index in [4.69, 9.17) is 18.6 Å². The molecule has 2 heterocycles. The smallest absolute Gasteiger partial charge is 0.363 e. The number of hydrogen-bond donors (Lipinski definition) is 0. The van der Waals surface area contributed by atoms with Gasteiger partial charge >= 0.3 is 11.9 Å². The highest BCUT2D eigenvalue weighted by Crippen LogP contribution is 2.35. The lowest BCUT2D eigenvalue weighted by Gasteiger charge is -2.14. The third-order valence-corrected chi connectivity index (χ3v) is 4.35. The molecule has 146 valence electrons. The highest BCUT2D eigenvalue weighted by molar-refractivity contribution is 14.1. The molecule has 8 nitrogen and oxygen atoms in total. The highest BCUT2D eigenvalue weighted by Gasteiger charge is 2.26. The SMILES string of the molecule is CCOc1cc(/C=C2/N=C(c3ccco3)OC2=O)cc(I)c1OCC(=O)OC. The molecule has 1 aromatic heterocycles. The summed E-state index contributed by atoms with van der Waals surface area (Å²) in [6.07, 6.45) is 3.05. The summed E-state index contributed by atoms with van der Waals surface area (Å²) in [6.45, 7) is 1.99. The van der Waals surface area contributed by atoms with Crippen LogP contribution >= 0.6 is 22.6 Å². The molecular weight excluding hydrogens is 481 g/mol. The predicted molar refractivity (Wildman–Crippen MR) is 107 cm³/mol. The van der Waals surface area contributed by atoms with Gasteiger partial charge in [0, 0.05) is 0 Å². The number of furan rings is 1. The quantitative estimate of drug-likeness (QED) is 0.330. The van der Waals surface area contributed by atoms with Gasteiger partial charge in [-0.25, -0.2) is 14.6 Å². The Hall–Kier alpha value is -2.82. The van der Waals surface area contributed by atoms with Gasteiger partial charge in [-0.1, -0.05) is 0 Å². The Morgan fingerprint density at radius 2 is 2.14 bits per heavy atom. The predicted octanol–water partition coefficient (Wildman–Crippen LogP) is 3.18. The molecule has 0 fully saturated rings. The summed E-state index contributed by atoms with van der Waals surface area (Å²) in [6, 6.07) is 6.80. The average Bonchev–Trinajstić information content (AvgIpc) is 3.31. The van der Waals surface area contributed by atoms with Crippen molar-refractivity contribution in [1.82, 2.24) is 0 Å². The fourth-order valence-corrected chi connectivity index (χ4v) is 3.12. The van der Waals surface area contributed by atoms with Gasteiger partial charge in [0.2, 0.25) is 0 Å². The van der Waals surface area contributed by atoms with Gasteiger partial charge in [0.25, 0.3) is 5.90 Å². The third kappa shape index (κ3) is 4.53. The molecule has 1 aliphatic heterocycles. The standard InChI is InChI=1S/C19H16INO7/c1-3-25-15-9-11(7-12(20)17(15)27-10-16(22)24-2)8-13-19(23)28-18(21-13)14-5-4-6-26-14/h4-9H,3,10H2,1-2H3/b13-8+. The van der Waals surface area contributed by atoms with Crippen LogP contribution in [0.1, 0.15) is 18.2 Å². The van der Waals surface area contributed by atoms with Crippen molar-refractivity contribution >= 4 is 46.5 Å². The van der Waals surface area contributed by atoms with Crippen LogP contribution < -0.4 is 9.47 Å². The zero-order chi connectivity index (χ0) is 20.1. The van der Waals surface area contributed by atoms with Gasteiger partial charge in [-0.3, -0.25) is 0 Å². The number of carbonyl (C=O) groups excluding carboxylic acids is 2. The maximum atomic E-state index is 12.1. The Morgan fingerprint density at radius 3 is 2.82 bits per heavy atom. The van der Waals surface area contributed by atoms with E-state index in [1.807, 2.05) is 6.92 Å². The van der Waals surface area contributed by atoms with Crippen LogP contribution in [0.5, 0.6) is 11.5 Å². The molecule has 0 N–H and O–H groups in total. The molecule has 0 bridgehead atoms. The molecule has 0 spiro atoms. The van der Waals surface area contributed by atoms with Crippen LogP contribution in [0.2, 0.25) is 0 Å². The number of esters is 2. The van der Waals surface area contributed by atoms with Crippen molar-refractivity contribution in [3.05, 3.63) is 51.1 Å². The van der Waals surface area contributed by atoms with Gasteiger partial charge in [-0.05, 0) is 65.4 Å². The Bertz CT molecular complexity index is 947.